The van der Waals surface area contributed by atoms with Crippen molar-refractivity contribution in [3.8, 4) is 22.4 Å². The molecule has 0 bridgehead atoms. The summed E-state index contributed by atoms with van der Waals surface area (Å²) in [6, 6.07) is 45.3. The minimum Gasteiger partial charge on any atom is -0.460 e. The molecule has 0 amide bonds. The zero-order valence-electron chi connectivity index (χ0n) is 24.7. The molecule has 0 saturated heterocycles. The first-order valence-corrected chi connectivity index (χ1v) is 15.6. The molecule has 1 aliphatic heterocycles. The molecule has 5 aromatic carbocycles. The molecular weight excluding hydrogens is 548 g/mol. The van der Waals surface area contributed by atoms with Crippen LogP contribution < -0.4 is 5.32 Å². The number of pyridine rings is 1. The standard InChI is InChI=1S/C42H30N2O/c1-2-7-27(8-3-1)28-13-17-30(18-14-28)37-25-23-32-21-22-33-24-26-38(44-41(33)40(32)43-37)31-19-15-29(16-20-31)34-10-6-11-36-35-9-4-5-12-39(35)45-42(34)36/h1-9,11-26,34,37,43H,10H2. The zero-order valence-corrected chi connectivity index (χ0v) is 24.7. The van der Waals surface area contributed by atoms with Crippen LogP contribution in [-0.4, -0.2) is 4.98 Å². The molecule has 0 fully saturated rings. The van der Waals surface area contributed by atoms with Gasteiger partial charge in [0.15, 0.2) is 0 Å². The zero-order chi connectivity index (χ0) is 29.7. The Kier molecular flexibility index (Phi) is 6.02. The van der Waals surface area contributed by atoms with Gasteiger partial charge in [-0.1, -0.05) is 140 Å². The van der Waals surface area contributed by atoms with Gasteiger partial charge in [-0.2, -0.15) is 0 Å². The van der Waals surface area contributed by atoms with Gasteiger partial charge in [-0.3, -0.25) is 0 Å². The molecule has 214 valence electrons. The Labute approximate surface area is 262 Å². The maximum atomic E-state index is 6.36. The minimum absolute atomic E-state index is 0.0744. The lowest BCUT2D eigenvalue weighted by molar-refractivity contribution is 0.517. The van der Waals surface area contributed by atoms with E-state index >= 15 is 0 Å². The van der Waals surface area contributed by atoms with Crippen LogP contribution in [0.3, 0.4) is 0 Å². The lowest BCUT2D eigenvalue weighted by atomic mass is 9.86. The molecular formula is C42H30N2O. The Balaban J connectivity index is 1.01. The van der Waals surface area contributed by atoms with E-state index in [2.05, 4.69) is 151 Å². The van der Waals surface area contributed by atoms with Crippen LogP contribution in [-0.2, 0) is 0 Å². The normalized spacial score (nSPS) is 16.8. The fourth-order valence-corrected chi connectivity index (χ4v) is 6.88. The molecule has 45 heavy (non-hydrogen) atoms. The van der Waals surface area contributed by atoms with Gasteiger partial charge < -0.3 is 9.73 Å². The van der Waals surface area contributed by atoms with Crippen molar-refractivity contribution in [1.29, 1.82) is 0 Å². The van der Waals surface area contributed by atoms with E-state index in [1.807, 2.05) is 6.07 Å². The molecule has 7 aromatic rings. The predicted octanol–water partition coefficient (Wildman–Crippen LogP) is 11.0. The van der Waals surface area contributed by atoms with E-state index in [0.717, 1.165) is 51.2 Å². The number of nitrogens with zero attached hydrogens (tertiary/aromatic N) is 1. The molecule has 3 heteroatoms. The Bertz CT molecular complexity index is 2260. The number of allylic oxidation sites excluding steroid dienone is 1. The second kappa shape index (κ2) is 10.5. The van der Waals surface area contributed by atoms with E-state index in [-0.39, 0.29) is 12.0 Å². The van der Waals surface area contributed by atoms with Crippen LogP contribution in [0.4, 0.5) is 5.69 Å². The smallest absolute Gasteiger partial charge is 0.134 e. The lowest BCUT2D eigenvalue weighted by Crippen LogP contribution is -2.13. The first kappa shape index (κ1) is 25.8. The monoisotopic (exact) mass is 578 g/mol. The third-order valence-electron chi connectivity index (χ3n) is 9.28. The van der Waals surface area contributed by atoms with Gasteiger partial charge in [0.25, 0.3) is 0 Å². The number of benzene rings is 5. The summed E-state index contributed by atoms with van der Waals surface area (Å²) in [6.07, 6.45) is 9.86. The highest BCUT2D eigenvalue weighted by atomic mass is 16.3. The molecule has 3 heterocycles. The Morgan fingerprint density at radius 1 is 0.644 bits per heavy atom. The van der Waals surface area contributed by atoms with Crippen molar-refractivity contribution in [2.45, 2.75) is 18.4 Å². The molecule has 9 rings (SSSR count). The van der Waals surface area contributed by atoms with Crippen LogP contribution in [0.1, 0.15) is 46.4 Å². The van der Waals surface area contributed by atoms with E-state index in [4.69, 9.17) is 9.40 Å². The van der Waals surface area contributed by atoms with Crippen molar-refractivity contribution in [1.82, 2.24) is 4.98 Å². The summed E-state index contributed by atoms with van der Waals surface area (Å²) in [5.74, 6) is 1.27. The van der Waals surface area contributed by atoms with Crippen molar-refractivity contribution < 1.29 is 4.42 Å². The van der Waals surface area contributed by atoms with Crippen LogP contribution in [0.2, 0.25) is 0 Å². The summed E-state index contributed by atoms with van der Waals surface area (Å²) in [5.41, 5.74) is 12.4. The van der Waals surface area contributed by atoms with Crippen molar-refractivity contribution in [2.75, 3.05) is 5.32 Å². The van der Waals surface area contributed by atoms with Crippen molar-refractivity contribution in [3.05, 3.63) is 168 Å². The molecule has 2 aliphatic rings. The Hall–Kier alpha value is -5.67. The fraction of sp³-hybridized carbons (Fsp3) is 0.0714. The third-order valence-corrected chi connectivity index (χ3v) is 9.28. The van der Waals surface area contributed by atoms with Gasteiger partial charge in [0, 0.05) is 27.8 Å². The van der Waals surface area contributed by atoms with Crippen LogP contribution >= 0.6 is 0 Å². The van der Waals surface area contributed by atoms with Gasteiger partial charge in [-0.25, -0.2) is 4.98 Å². The van der Waals surface area contributed by atoms with E-state index in [1.54, 1.807) is 0 Å². The number of furan rings is 1. The quantitative estimate of drug-likeness (QED) is 0.226. The van der Waals surface area contributed by atoms with Gasteiger partial charge in [-0.15, -0.1) is 0 Å². The van der Waals surface area contributed by atoms with Gasteiger partial charge in [-0.05, 0) is 46.4 Å². The Morgan fingerprint density at radius 2 is 1.38 bits per heavy atom. The first-order valence-electron chi connectivity index (χ1n) is 15.6. The summed E-state index contributed by atoms with van der Waals surface area (Å²) in [7, 11) is 0. The van der Waals surface area contributed by atoms with E-state index in [0.29, 0.717) is 0 Å². The highest BCUT2D eigenvalue weighted by Gasteiger charge is 2.25. The number of anilines is 1. The molecule has 0 spiro atoms. The largest absolute Gasteiger partial charge is 0.460 e. The molecule has 2 atom stereocenters. The summed E-state index contributed by atoms with van der Waals surface area (Å²) < 4.78 is 6.36. The number of para-hydroxylation sites is 1. The fourth-order valence-electron chi connectivity index (χ4n) is 6.88. The summed E-state index contributed by atoms with van der Waals surface area (Å²) in [4.78, 5) is 5.22. The summed E-state index contributed by atoms with van der Waals surface area (Å²) in [5, 5.41) is 6.11. The van der Waals surface area contributed by atoms with Crippen molar-refractivity contribution in [2.24, 2.45) is 0 Å². The van der Waals surface area contributed by atoms with E-state index < -0.39 is 0 Å². The first-order chi connectivity index (χ1) is 22.3. The highest BCUT2D eigenvalue weighted by Crippen LogP contribution is 2.41. The van der Waals surface area contributed by atoms with Crippen molar-refractivity contribution in [3.63, 3.8) is 0 Å². The lowest BCUT2D eigenvalue weighted by Gasteiger charge is -2.24. The maximum Gasteiger partial charge on any atom is 0.134 e. The van der Waals surface area contributed by atoms with Gasteiger partial charge in [0.1, 0.15) is 11.3 Å². The minimum atomic E-state index is 0.0744. The molecule has 0 radical (unpaired) electrons. The van der Waals surface area contributed by atoms with Crippen molar-refractivity contribution >= 4 is 39.7 Å². The van der Waals surface area contributed by atoms with Crippen LogP contribution in [0.25, 0.3) is 56.4 Å². The van der Waals surface area contributed by atoms with Crippen LogP contribution in [0.15, 0.2) is 144 Å². The topological polar surface area (TPSA) is 38.1 Å². The molecule has 1 aliphatic carbocycles. The number of aromatic nitrogens is 1. The molecule has 0 saturated carbocycles. The van der Waals surface area contributed by atoms with Crippen LogP contribution in [0, 0.1) is 0 Å². The van der Waals surface area contributed by atoms with Gasteiger partial charge in [0.05, 0.1) is 22.9 Å². The SMILES string of the molecule is C1=Cc2c(oc3ccccc23)C(c2ccc(-c3ccc4ccc5c(c4n3)NC(c3ccc(-c4ccccc4)cc3)C=C5)cc2)C1. The molecule has 1 N–H and O–H groups in total. The second-order valence-electron chi connectivity index (χ2n) is 12.0. The molecule has 2 aromatic heterocycles. The number of rotatable bonds is 4. The van der Waals surface area contributed by atoms with E-state index in [9.17, 15) is 0 Å². The number of hydrogen-bond donors (Lipinski definition) is 1. The van der Waals surface area contributed by atoms with E-state index in [1.165, 1.54) is 33.2 Å². The average molecular weight is 579 g/mol. The molecule has 3 nitrogen and oxygen atoms in total. The summed E-state index contributed by atoms with van der Waals surface area (Å²) >= 11 is 0. The van der Waals surface area contributed by atoms with Gasteiger partial charge in [0.2, 0.25) is 0 Å². The summed E-state index contributed by atoms with van der Waals surface area (Å²) in [6.45, 7) is 0. The average Bonchev–Trinajstić information content (AvgIpc) is 3.51. The maximum absolute atomic E-state index is 6.36. The van der Waals surface area contributed by atoms with Crippen LogP contribution in [0.5, 0.6) is 0 Å². The van der Waals surface area contributed by atoms with Gasteiger partial charge >= 0.3 is 0 Å². The highest BCUT2D eigenvalue weighted by molar-refractivity contribution is 5.97. The second-order valence-corrected chi connectivity index (χ2v) is 12.0. The number of fused-ring (bicyclic) bond motifs is 6. The third kappa shape index (κ3) is 4.47. The molecule has 2 unspecified atom stereocenters. The predicted molar refractivity (Wildman–Crippen MR) is 186 cm³/mol. The number of nitrogens with one attached hydrogen (secondary N) is 1. The Morgan fingerprint density at radius 3 is 2.24 bits per heavy atom. The number of hydrogen-bond acceptors (Lipinski definition) is 3.